The summed E-state index contributed by atoms with van der Waals surface area (Å²) in [6, 6.07) is 7.33. The summed E-state index contributed by atoms with van der Waals surface area (Å²) in [6.07, 6.45) is 0. The second-order valence-electron chi connectivity index (χ2n) is 3.74. The molecule has 1 saturated heterocycles. The fourth-order valence-electron chi connectivity index (χ4n) is 1.63. The second-order valence-corrected chi connectivity index (χ2v) is 6.57. The molecule has 1 aliphatic rings. The van der Waals surface area contributed by atoms with Crippen LogP contribution in [0.3, 0.4) is 0 Å². The number of benzene rings is 1. The Morgan fingerprint density at radius 2 is 1.88 bits per heavy atom. The minimum Gasteiger partial charge on any atom is -0.314 e. The highest BCUT2D eigenvalue weighted by Gasteiger charge is 2.23. The maximum absolute atomic E-state index is 12.1. The molecule has 7 heteroatoms. The molecule has 1 heterocycles. The summed E-state index contributed by atoms with van der Waals surface area (Å²) < 4.78 is 29.2. The van der Waals surface area contributed by atoms with Crippen LogP contribution in [0.1, 0.15) is 0 Å². The molecule has 1 aromatic rings. The average molecular weight is 367 g/mol. The van der Waals surface area contributed by atoms with Crippen molar-refractivity contribution >= 4 is 38.5 Å². The van der Waals surface area contributed by atoms with Crippen LogP contribution >= 0.6 is 22.6 Å². The van der Waals surface area contributed by atoms with E-state index in [9.17, 15) is 8.42 Å². The van der Waals surface area contributed by atoms with Gasteiger partial charge in [-0.1, -0.05) is 12.1 Å². The molecule has 0 amide bonds. The molecule has 0 saturated carbocycles. The molecule has 0 atom stereocenters. The van der Waals surface area contributed by atoms with Gasteiger partial charge >= 0.3 is 10.2 Å². The first-order valence-electron chi connectivity index (χ1n) is 5.33. The Balaban J connectivity index is 2.14. The zero-order valence-electron chi connectivity index (χ0n) is 9.19. The summed E-state index contributed by atoms with van der Waals surface area (Å²) in [4.78, 5) is 0. The Labute approximate surface area is 115 Å². The lowest BCUT2D eigenvalue weighted by Gasteiger charge is -2.27. The van der Waals surface area contributed by atoms with Crippen molar-refractivity contribution in [2.45, 2.75) is 0 Å². The predicted octanol–water partition coefficient (Wildman–Crippen LogP) is 0.853. The quantitative estimate of drug-likeness (QED) is 0.779. The molecule has 0 aliphatic carbocycles. The van der Waals surface area contributed by atoms with Crippen LogP contribution in [0, 0.1) is 3.57 Å². The molecule has 0 bridgehead atoms. The van der Waals surface area contributed by atoms with Crippen LogP contribution in [0.4, 0.5) is 5.69 Å². The van der Waals surface area contributed by atoms with Gasteiger partial charge in [0.1, 0.15) is 0 Å². The molecule has 0 spiro atoms. The van der Waals surface area contributed by atoms with Crippen molar-refractivity contribution in [1.29, 1.82) is 0 Å². The summed E-state index contributed by atoms with van der Waals surface area (Å²) in [5.41, 5.74) is 0.631. The van der Waals surface area contributed by atoms with Gasteiger partial charge in [0, 0.05) is 29.7 Å². The summed E-state index contributed by atoms with van der Waals surface area (Å²) in [6.45, 7) is 2.43. The van der Waals surface area contributed by atoms with Crippen LogP contribution in [-0.4, -0.2) is 38.9 Å². The highest BCUT2D eigenvalue weighted by atomic mass is 127. The van der Waals surface area contributed by atoms with E-state index in [1.54, 1.807) is 6.07 Å². The molecule has 5 nitrogen and oxygen atoms in total. The van der Waals surface area contributed by atoms with Crippen molar-refractivity contribution < 1.29 is 8.42 Å². The third-order valence-electron chi connectivity index (χ3n) is 2.53. The van der Waals surface area contributed by atoms with Gasteiger partial charge in [-0.3, -0.25) is 4.72 Å². The third kappa shape index (κ3) is 3.30. The van der Waals surface area contributed by atoms with Gasteiger partial charge < -0.3 is 5.32 Å². The summed E-state index contributed by atoms with van der Waals surface area (Å²) >= 11 is 2.11. The molecular weight excluding hydrogens is 353 g/mol. The van der Waals surface area contributed by atoms with Gasteiger partial charge in [-0.15, -0.1) is 0 Å². The Morgan fingerprint density at radius 1 is 1.24 bits per heavy atom. The van der Waals surface area contributed by atoms with Crippen LogP contribution < -0.4 is 10.0 Å². The van der Waals surface area contributed by atoms with Crippen molar-refractivity contribution in [3.63, 3.8) is 0 Å². The molecule has 17 heavy (non-hydrogen) atoms. The first-order valence-corrected chi connectivity index (χ1v) is 7.84. The zero-order valence-corrected chi connectivity index (χ0v) is 12.2. The molecule has 1 aromatic carbocycles. The van der Waals surface area contributed by atoms with E-state index < -0.39 is 10.2 Å². The fraction of sp³-hybridized carbons (Fsp3) is 0.400. The summed E-state index contributed by atoms with van der Waals surface area (Å²) in [5.74, 6) is 0. The van der Waals surface area contributed by atoms with E-state index in [2.05, 4.69) is 32.6 Å². The fourth-order valence-corrected chi connectivity index (χ4v) is 3.59. The number of piperazine rings is 1. The monoisotopic (exact) mass is 367 g/mol. The SMILES string of the molecule is O=S(=O)(Nc1ccccc1I)N1CCNCC1. The predicted molar refractivity (Wildman–Crippen MR) is 76.1 cm³/mol. The molecule has 0 unspecified atom stereocenters. The van der Waals surface area contributed by atoms with Crippen LogP contribution in [0.5, 0.6) is 0 Å². The van der Waals surface area contributed by atoms with Crippen LogP contribution in [0.2, 0.25) is 0 Å². The standard InChI is InChI=1S/C10H14IN3O2S/c11-9-3-1-2-4-10(9)13-17(15,16)14-7-5-12-6-8-14/h1-4,12-13H,5-8H2. The van der Waals surface area contributed by atoms with Crippen molar-refractivity contribution in [2.24, 2.45) is 0 Å². The smallest absolute Gasteiger partial charge is 0.301 e. The molecule has 2 N–H and O–H groups in total. The van der Waals surface area contributed by atoms with Gasteiger partial charge in [0.15, 0.2) is 0 Å². The van der Waals surface area contributed by atoms with Gasteiger partial charge in [0.05, 0.1) is 5.69 Å². The number of rotatable bonds is 3. The van der Waals surface area contributed by atoms with Gasteiger partial charge in [-0.2, -0.15) is 12.7 Å². The van der Waals surface area contributed by atoms with Crippen molar-refractivity contribution in [1.82, 2.24) is 9.62 Å². The number of nitrogens with zero attached hydrogens (tertiary/aromatic N) is 1. The molecule has 1 fully saturated rings. The lowest BCUT2D eigenvalue weighted by molar-refractivity contribution is 0.362. The zero-order chi connectivity index (χ0) is 12.3. The number of hydrogen-bond acceptors (Lipinski definition) is 3. The number of hydrogen-bond donors (Lipinski definition) is 2. The first kappa shape index (κ1) is 13.1. The molecule has 0 radical (unpaired) electrons. The van der Waals surface area contributed by atoms with Gasteiger partial charge in [-0.25, -0.2) is 0 Å². The maximum Gasteiger partial charge on any atom is 0.301 e. The van der Waals surface area contributed by atoms with Crippen LogP contribution in [-0.2, 0) is 10.2 Å². The Kier molecular flexibility index (Phi) is 4.23. The van der Waals surface area contributed by atoms with E-state index in [4.69, 9.17) is 0 Å². The van der Waals surface area contributed by atoms with Crippen molar-refractivity contribution in [3.8, 4) is 0 Å². The van der Waals surface area contributed by atoms with Gasteiger partial charge in [0.25, 0.3) is 0 Å². The molecule has 2 rings (SSSR count). The molecular formula is C10H14IN3O2S. The first-order chi connectivity index (χ1) is 8.09. The minimum atomic E-state index is -3.42. The highest BCUT2D eigenvalue weighted by Crippen LogP contribution is 2.19. The van der Waals surface area contributed by atoms with Crippen LogP contribution in [0.15, 0.2) is 24.3 Å². The average Bonchev–Trinajstić information content (AvgIpc) is 2.33. The summed E-state index contributed by atoms with van der Waals surface area (Å²) in [5, 5.41) is 3.13. The van der Waals surface area contributed by atoms with E-state index in [0.29, 0.717) is 31.9 Å². The molecule has 1 aliphatic heterocycles. The second kappa shape index (κ2) is 5.51. The highest BCUT2D eigenvalue weighted by molar-refractivity contribution is 14.1. The number of halogens is 1. The van der Waals surface area contributed by atoms with Crippen molar-refractivity contribution in [3.05, 3.63) is 27.8 Å². The van der Waals surface area contributed by atoms with E-state index in [-0.39, 0.29) is 0 Å². The number of nitrogens with one attached hydrogen (secondary N) is 2. The minimum absolute atomic E-state index is 0.513. The van der Waals surface area contributed by atoms with E-state index in [1.165, 1.54) is 4.31 Å². The van der Waals surface area contributed by atoms with Gasteiger partial charge in [0.2, 0.25) is 0 Å². The summed E-state index contributed by atoms with van der Waals surface area (Å²) in [7, 11) is -3.42. The van der Waals surface area contributed by atoms with E-state index >= 15 is 0 Å². The van der Waals surface area contributed by atoms with Crippen molar-refractivity contribution in [2.75, 3.05) is 30.9 Å². The Morgan fingerprint density at radius 3 is 2.53 bits per heavy atom. The number of anilines is 1. The maximum atomic E-state index is 12.1. The van der Waals surface area contributed by atoms with Crippen LogP contribution in [0.25, 0.3) is 0 Å². The van der Waals surface area contributed by atoms with E-state index in [0.717, 1.165) is 3.57 Å². The lowest BCUT2D eigenvalue weighted by atomic mass is 10.3. The van der Waals surface area contributed by atoms with Gasteiger partial charge in [-0.05, 0) is 34.7 Å². The normalized spacial score (nSPS) is 17.9. The molecule has 94 valence electrons. The number of para-hydroxylation sites is 1. The lowest BCUT2D eigenvalue weighted by Crippen LogP contribution is -2.48. The van der Waals surface area contributed by atoms with E-state index in [1.807, 2.05) is 18.2 Å². The Bertz CT molecular complexity index is 486. The Hall–Kier alpha value is -0.380. The third-order valence-corrected chi connectivity index (χ3v) is 4.99. The topological polar surface area (TPSA) is 61.4 Å². The molecule has 0 aromatic heterocycles. The largest absolute Gasteiger partial charge is 0.314 e.